The SMILES string of the molecule is CCCCc1nc2sc3c(nc(NCCO)n4ncnc34)c2c2c1CCC2. The van der Waals surface area contributed by atoms with Crippen molar-refractivity contribution in [3.05, 3.63) is 23.1 Å². The number of nitrogens with one attached hydrogen (secondary N) is 1. The first kappa shape index (κ1) is 16.8. The van der Waals surface area contributed by atoms with E-state index in [4.69, 9.17) is 9.97 Å². The predicted molar refractivity (Wildman–Crippen MR) is 108 cm³/mol. The average molecular weight is 382 g/mol. The van der Waals surface area contributed by atoms with Crippen molar-refractivity contribution in [2.45, 2.75) is 45.4 Å². The van der Waals surface area contributed by atoms with Gasteiger partial charge >= 0.3 is 0 Å². The fourth-order valence-electron chi connectivity index (χ4n) is 4.09. The van der Waals surface area contributed by atoms with Gasteiger partial charge in [-0.2, -0.15) is 9.61 Å². The van der Waals surface area contributed by atoms with Crippen molar-refractivity contribution in [1.29, 1.82) is 0 Å². The zero-order chi connectivity index (χ0) is 18.4. The van der Waals surface area contributed by atoms with Gasteiger partial charge in [0.15, 0.2) is 5.65 Å². The number of hydrogen-bond acceptors (Lipinski definition) is 7. The van der Waals surface area contributed by atoms with Crippen LogP contribution < -0.4 is 5.32 Å². The van der Waals surface area contributed by atoms with E-state index in [2.05, 4.69) is 22.3 Å². The maximum absolute atomic E-state index is 9.18. The first-order valence-corrected chi connectivity index (χ1v) is 10.4. The summed E-state index contributed by atoms with van der Waals surface area (Å²) in [4.78, 5) is 15.5. The molecule has 2 N–H and O–H groups in total. The van der Waals surface area contributed by atoms with Gasteiger partial charge in [-0.1, -0.05) is 13.3 Å². The van der Waals surface area contributed by atoms with Crippen molar-refractivity contribution in [3.63, 3.8) is 0 Å². The Kier molecular flexibility index (Phi) is 4.17. The largest absolute Gasteiger partial charge is 0.395 e. The van der Waals surface area contributed by atoms with Crippen molar-refractivity contribution >= 4 is 43.4 Å². The lowest BCUT2D eigenvalue weighted by atomic mass is 10.0. The number of aryl methyl sites for hydroxylation is 2. The Labute approximate surface area is 160 Å². The molecule has 8 heteroatoms. The van der Waals surface area contributed by atoms with E-state index in [-0.39, 0.29) is 6.61 Å². The lowest BCUT2D eigenvalue weighted by Crippen LogP contribution is -2.11. The van der Waals surface area contributed by atoms with Crippen molar-refractivity contribution in [2.24, 2.45) is 0 Å². The molecule has 0 atom stereocenters. The van der Waals surface area contributed by atoms with E-state index in [1.165, 1.54) is 41.5 Å². The fraction of sp³-hybridized carbons (Fsp3) is 0.474. The van der Waals surface area contributed by atoms with Crippen LogP contribution in [0.25, 0.3) is 26.1 Å². The maximum atomic E-state index is 9.18. The molecule has 4 heterocycles. The summed E-state index contributed by atoms with van der Waals surface area (Å²) < 4.78 is 2.75. The minimum atomic E-state index is 0.0397. The van der Waals surface area contributed by atoms with Gasteiger partial charge in [-0.15, -0.1) is 11.3 Å². The Morgan fingerprint density at radius 1 is 1.26 bits per heavy atom. The Balaban J connectivity index is 1.81. The predicted octanol–water partition coefficient (Wildman–Crippen LogP) is 3.12. The van der Waals surface area contributed by atoms with E-state index >= 15 is 0 Å². The number of fused-ring (bicyclic) bond motifs is 7. The summed E-state index contributed by atoms with van der Waals surface area (Å²) in [6, 6.07) is 0. The van der Waals surface area contributed by atoms with Gasteiger partial charge in [0.1, 0.15) is 15.9 Å². The molecule has 0 fully saturated rings. The topological polar surface area (TPSA) is 88.2 Å². The van der Waals surface area contributed by atoms with E-state index in [0.29, 0.717) is 12.5 Å². The quantitative estimate of drug-likeness (QED) is 0.533. The molecule has 27 heavy (non-hydrogen) atoms. The molecule has 140 valence electrons. The molecule has 5 rings (SSSR count). The van der Waals surface area contributed by atoms with Crippen LogP contribution in [0, 0.1) is 0 Å². The zero-order valence-corrected chi connectivity index (χ0v) is 16.1. The molecule has 1 aliphatic carbocycles. The van der Waals surface area contributed by atoms with Gasteiger partial charge in [-0.3, -0.25) is 0 Å². The molecule has 4 aromatic rings. The first-order chi connectivity index (χ1) is 13.3. The number of rotatable bonds is 6. The number of pyridine rings is 1. The van der Waals surface area contributed by atoms with Gasteiger partial charge in [0.05, 0.1) is 12.1 Å². The zero-order valence-electron chi connectivity index (χ0n) is 15.3. The Morgan fingerprint density at radius 2 is 2.15 bits per heavy atom. The molecule has 0 amide bonds. The summed E-state index contributed by atoms with van der Waals surface area (Å²) in [6.07, 6.45) is 8.38. The minimum absolute atomic E-state index is 0.0397. The Morgan fingerprint density at radius 3 is 3.00 bits per heavy atom. The summed E-state index contributed by atoms with van der Waals surface area (Å²) in [5.41, 5.74) is 5.92. The summed E-state index contributed by atoms with van der Waals surface area (Å²) in [5.74, 6) is 0.616. The van der Waals surface area contributed by atoms with Crippen molar-refractivity contribution < 1.29 is 5.11 Å². The summed E-state index contributed by atoms with van der Waals surface area (Å²) >= 11 is 1.67. The second-order valence-corrected chi connectivity index (χ2v) is 8.01. The number of aliphatic hydroxyl groups is 1. The highest BCUT2D eigenvalue weighted by Gasteiger charge is 2.25. The highest BCUT2D eigenvalue weighted by atomic mass is 32.1. The van der Waals surface area contributed by atoms with E-state index in [1.54, 1.807) is 22.2 Å². The minimum Gasteiger partial charge on any atom is -0.395 e. The normalized spacial score (nSPS) is 13.9. The molecule has 0 aromatic carbocycles. The molecule has 1 aliphatic rings. The highest BCUT2D eigenvalue weighted by molar-refractivity contribution is 7.26. The lowest BCUT2D eigenvalue weighted by molar-refractivity contribution is 0.310. The van der Waals surface area contributed by atoms with E-state index in [0.717, 1.165) is 40.0 Å². The molecule has 0 saturated carbocycles. The first-order valence-electron chi connectivity index (χ1n) is 9.63. The monoisotopic (exact) mass is 382 g/mol. The number of nitrogens with zero attached hydrogens (tertiary/aromatic N) is 5. The standard InChI is InChI=1S/C19H22N6OS/c1-2-3-7-13-11-5-4-6-12(11)14-15-16(27-18(14)23-13)17-21-10-22-25(17)19(24-15)20-8-9-26/h10,26H,2-9H2,1H3,(H,20,24). The van der Waals surface area contributed by atoms with Crippen LogP contribution in [-0.2, 0) is 19.3 Å². The summed E-state index contributed by atoms with van der Waals surface area (Å²) in [6.45, 7) is 2.69. The van der Waals surface area contributed by atoms with Crippen LogP contribution in [0.2, 0.25) is 0 Å². The number of thiophene rings is 1. The fourth-order valence-corrected chi connectivity index (χ4v) is 5.23. The highest BCUT2D eigenvalue weighted by Crippen LogP contribution is 2.41. The second kappa shape index (κ2) is 6.69. The van der Waals surface area contributed by atoms with E-state index in [9.17, 15) is 5.11 Å². The van der Waals surface area contributed by atoms with E-state index < -0.39 is 0 Å². The lowest BCUT2D eigenvalue weighted by Gasteiger charge is -2.09. The van der Waals surface area contributed by atoms with Crippen LogP contribution in [0.3, 0.4) is 0 Å². The molecule has 0 unspecified atom stereocenters. The smallest absolute Gasteiger partial charge is 0.226 e. The van der Waals surface area contributed by atoms with Crippen LogP contribution >= 0.6 is 11.3 Å². The number of hydrogen-bond donors (Lipinski definition) is 2. The van der Waals surface area contributed by atoms with Crippen LogP contribution in [0.15, 0.2) is 6.33 Å². The molecular weight excluding hydrogens is 360 g/mol. The molecule has 7 nitrogen and oxygen atoms in total. The molecule has 0 aliphatic heterocycles. The maximum Gasteiger partial charge on any atom is 0.226 e. The van der Waals surface area contributed by atoms with Crippen molar-refractivity contribution in [2.75, 3.05) is 18.5 Å². The number of unbranched alkanes of at least 4 members (excludes halogenated alkanes) is 1. The van der Waals surface area contributed by atoms with Gasteiger partial charge in [-0.25, -0.2) is 15.0 Å². The van der Waals surface area contributed by atoms with Gasteiger partial charge in [0.25, 0.3) is 0 Å². The Hall–Kier alpha value is -2.32. The van der Waals surface area contributed by atoms with Crippen LogP contribution in [0.4, 0.5) is 5.95 Å². The van der Waals surface area contributed by atoms with Crippen LogP contribution in [0.5, 0.6) is 0 Å². The molecule has 0 spiro atoms. The van der Waals surface area contributed by atoms with Crippen LogP contribution in [0.1, 0.15) is 43.0 Å². The van der Waals surface area contributed by atoms with Gasteiger partial charge < -0.3 is 10.4 Å². The number of aliphatic hydroxyl groups excluding tert-OH is 1. The third kappa shape index (κ3) is 2.58. The molecule has 4 aromatic heterocycles. The Bertz CT molecular complexity index is 1150. The van der Waals surface area contributed by atoms with Crippen LogP contribution in [-0.4, -0.2) is 42.8 Å². The van der Waals surface area contributed by atoms with Crippen molar-refractivity contribution in [3.8, 4) is 0 Å². The number of anilines is 1. The summed E-state index contributed by atoms with van der Waals surface area (Å²) in [7, 11) is 0. The van der Waals surface area contributed by atoms with Crippen molar-refractivity contribution in [1.82, 2.24) is 24.6 Å². The molecular formula is C19H22N6OS. The summed E-state index contributed by atoms with van der Waals surface area (Å²) in [5, 5.41) is 17.8. The third-order valence-electron chi connectivity index (χ3n) is 5.30. The molecule has 0 radical (unpaired) electrons. The van der Waals surface area contributed by atoms with Gasteiger partial charge in [0.2, 0.25) is 5.95 Å². The third-order valence-corrected chi connectivity index (χ3v) is 6.37. The van der Waals surface area contributed by atoms with Gasteiger partial charge in [0, 0.05) is 17.6 Å². The van der Waals surface area contributed by atoms with Gasteiger partial charge in [-0.05, 0) is 43.2 Å². The molecule has 0 bridgehead atoms. The number of aromatic nitrogens is 5. The molecule has 0 saturated heterocycles. The second-order valence-electron chi connectivity index (χ2n) is 7.01. The van der Waals surface area contributed by atoms with E-state index in [1.807, 2.05) is 0 Å². The average Bonchev–Trinajstić information content (AvgIpc) is 3.40.